The van der Waals surface area contributed by atoms with E-state index in [-0.39, 0.29) is 0 Å². The number of hydrogen-bond donors (Lipinski definition) is 1. The van der Waals surface area contributed by atoms with Gasteiger partial charge in [-0.05, 0) is 62.2 Å². The maximum atomic E-state index is 6.31. The maximum absolute atomic E-state index is 6.31. The lowest BCUT2D eigenvalue weighted by Crippen LogP contribution is -2.42. The van der Waals surface area contributed by atoms with E-state index in [2.05, 4.69) is 33.9 Å². The van der Waals surface area contributed by atoms with Crippen LogP contribution in [0.3, 0.4) is 0 Å². The predicted molar refractivity (Wildman–Crippen MR) is 77.7 cm³/mol. The third-order valence-electron chi connectivity index (χ3n) is 4.79. The van der Waals surface area contributed by atoms with Crippen molar-refractivity contribution in [3.63, 3.8) is 0 Å². The molecular weight excluding hydrogens is 226 g/mol. The molecule has 1 fully saturated rings. The van der Waals surface area contributed by atoms with Crippen LogP contribution in [0.4, 0.5) is 0 Å². The molecule has 102 valence electrons. The summed E-state index contributed by atoms with van der Waals surface area (Å²) >= 11 is 0. The van der Waals surface area contributed by atoms with Crippen molar-refractivity contribution in [3.8, 4) is 0 Å². The van der Waals surface area contributed by atoms with Crippen LogP contribution in [0.2, 0.25) is 18.1 Å². The highest BCUT2D eigenvalue weighted by Gasteiger charge is 2.37. The molecule has 0 aromatic heterocycles. The summed E-state index contributed by atoms with van der Waals surface area (Å²) in [6.45, 7) is 13.5. The monoisotopic (exact) mass is 257 g/mol. The average molecular weight is 257 g/mol. The van der Waals surface area contributed by atoms with Gasteiger partial charge in [0.15, 0.2) is 8.32 Å². The minimum absolute atomic E-state index is 0.335. The summed E-state index contributed by atoms with van der Waals surface area (Å²) in [7, 11) is -1.54. The van der Waals surface area contributed by atoms with Gasteiger partial charge in [-0.2, -0.15) is 0 Å². The smallest absolute Gasteiger partial charge is 0.191 e. The van der Waals surface area contributed by atoms with E-state index in [1.165, 1.54) is 25.7 Å². The summed E-state index contributed by atoms with van der Waals surface area (Å²) < 4.78 is 6.31. The quantitative estimate of drug-likeness (QED) is 0.778. The van der Waals surface area contributed by atoms with Gasteiger partial charge in [-0.15, -0.1) is 0 Å². The zero-order valence-electron chi connectivity index (χ0n) is 12.4. The van der Waals surface area contributed by atoms with Gasteiger partial charge in [0.25, 0.3) is 0 Å². The maximum Gasteiger partial charge on any atom is 0.191 e. The van der Waals surface area contributed by atoms with Crippen molar-refractivity contribution in [2.75, 3.05) is 13.2 Å². The molecule has 1 aliphatic carbocycles. The molecule has 0 unspecified atom stereocenters. The fraction of sp³-hybridized carbons (Fsp3) is 1.00. The van der Waals surface area contributed by atoms with Crippen molar-refractivity contribution >= 4 is 8.32 Å². The molecule has 1 rings (SSSR count). The highest BCUT2D eigenvalue weighted by molar-refractivity contribution is 6.74. The van der Waals surface area contributed by atoms with E-state index >= 15 is 0 Å². The van der Waals surface area contributed by atoms with Crippen LogP contribution in [-0.2, 0) is 4.43 Å². The average Bonchev–Trinajstić information content (AvgIpc) is 2.25. The van der Waals surface area contributed by atoms with Crippen LogP contribution in [-0.4, -0.2) is 21.5 Å². The highest BCUT2D eigenvalue weighted by atomic mass is 28.4. The summed E-state index contributed by atoms with van der Waals surface area (Å²) in [6.07, 6.45) is 5.25. The lowest BCUT2D eigenvalue weighted by Gasteiger charge is -2.38. The Hall–Kier alpha value is 0.137. The predicted octanol–water partition coefficient (Wildman–Crippen LogP) is 3.77. The molecule has 0 bridgehead atoms. The first kappa shape index (κ1) is 15.2. The first-order valence-electron chi connectivity index (χ1n) is 7.10. The van der Waals surface area contributed by atoms with Crippen molar-refractivity contribution in [2.24, 2.45) is 17.6 Å². The molecule has 1 aliphatic rings. The Morgan fingerprint density at radius 2 is 1.53 bits per heavy atom. The first-order valence-corrected chi connectivity index (χ1v) is 10.0. The largest absolute Gasteiger partial charge is 0.417 e. The zero-order chi connectivity index (χ0) is 13.1. The molecule has 0 aromatic rings. The van der Waals surface area contributed by atoms with Crippen LogP contribution in [0.5, 0.6) is 0 Å². The third-order valence-corrected chi connectivity index (χ3v) is 9.29. The molecule has 0 amide bonds. The van der Waals surface area contributed by atoms with E-state index in [0.717, 1.165) is 25.0 Å². The lowest BCUT2D eigenvalue weighted by molar-refractivity contribution is 0.173. The van der Waals surface area contributed by atoms with E-state index < -0.39 is 8.32 Å². The van der Waals surface area contributed by atoms with Gasteiger partial charge in [-0.1, -0.05) is 20.8 Å². The van der Waals surface area contributed by atoms with E-state index in [0.29, 0.717) is 5.04 Å². The minimum Gasteiger partial charge on any atom is -0.417 e. The zero-order valence-corrected chi connectivity index (χ0v) is 13.4. The number of hydrogen-bond acceptors (Lipinski definition) is 2. The molecule has 2 nitrogen and oxygen atoms in total. The SMILES string of the molecule is CC(C)(C)[Si](C)(C)OCC1CCC(CN)CC1. The van der Waals surface area contributed by atoms with Gasteiger partial charge in [0.05, 0.1) is 0 Å². The Balaban J connectivity index is 2.33. The number of nitrogens with two attached hydrogens (primary N) is 1. The highest BCUT2D eigenvalue weighted by Crippen LogP contribution is 2.38. The lowest BCUT2D eigenvalue weighted by atomic mass is 9.82. The summed E-state index contributed by atoms with van der Waals surface area (Å²) in [5.74, 6) is 1.56. The van der Waals surface area contributed by atoms with E-state index in [1.54, 1.807) is 0 Å². The second-order valence-corrected chi connectivity index (χ2v) is 12.0. The van der Waals surface area contributed by atoms with Gasteiger partial charge in [0.2, 0.25) is 0 Å². The van der Waals surface area contributed by atoms with Crippen LogP contribution in [0.15, 0.2) is 0 Å². The van der Waals surface area contributed by atoms with E-state index in [9.17, 15) is 0 Å². The van der Waals surface area contributed by atoms with Gasteiger partial charge < -0.3 is 10.2 Å². The van der Waals surface area contributed by atoms with Crippen LogP contribution < -0.4 is 5.73 Å². The second-order valence-electron chi connectivity index (χ2n) is 7.19. The molecular formula is C14H31NOSi. The second kappa shape index (κ2) is 5.85. The molecule has 0 heterocycles. The normalized spacial score (nSPS) is 27.2. The van der Waals surface area contributed by atoms with Crippen LogP contribution in [0.25, 0.3) is 0 Å². The van der Waals surface area contributed by atoms with Crippen molar-refractivity contribution in [1.29, 1.82) is 0 Å². The summed E-state index contributed by atoms with van der Waals surface area (Å²) in [5, 5.41) is 0.335. The van der Waals surface area contributed by atoms with Crippen molar-refractivity contribution in [2.45, 2.75) is 64.6 Å². The van der Waals surface area contributed by atoms with Gasteiger partial charge in [0, 0.05) is 6.61 Å². The Morgan fingerprint density at radius 1 is 1.06 bits per heavy atom. The van der Waals surface area contributed by atoms with Gasteiger partial charge in [0.1, 0.15) is 0 Å². The summed E-state index contributed by atoms with van der Waals surface area (Å²) in [6, 6.07) is 0. The van der Waals surface area contributed by atoms with Gasteiger partial charge >= 0.3 is 0 Å². The molecule has 0 radical (unpaired) electrons. The third kappa shape index (κ3) is 4.38. The van der Waals surface area contributed by atoms with Crippen molar-refractivity contribution in [3.05, 3.63) is 0 Å². The molecule has 2 N–H and O–H groups in total. The molecule has 17 heavy (non-hydrogen) atoms. The topological polar surface area (TPSA) is 35.2 Å². The first-order chi connectivity index (χ1) is 7.76. The Labute approximate surface area is 108 Å². The standard InChI is InChI=1S/C14H31NOSi/c1-14(2,3)17(4,5)16-11-13-8-6-12(10-15)7-9-13/h12-13H,6-11,15H2,1-5H3. The molecule has 0 saturated heterocycles. The minimum atomic E-state index is -1.54. The van der Waals surface area contributed by atoms with E-state index in [4.69, 9.17) is 10.2 Å². The molecule has 1 saturated carbocycles. The molecule has 0 aromatic carbocycles. The fourth-order valence-corrected chi connectivity index (χ4v) is 3.26. The fourth-order valence-electron chi connectivity index (χ4n) is 2.18. The van der Waals surface area contributed by atoms with Gasteiger partial charge in [-0.25, -0.2) is 0 Å². The Kier molecular flexibility index (Phi) is 5.23. The molecule has 0 spiro atoms. The summed E-state index contributed by atoms with van der Waals surface area (Å²) in [5.41, 5.74) is 5.72. The van der Waals surface area contributed by atoms with Crippen molar-refractivity contribution in [1.82, 2.24) is 0 Å². The van der Waals surface area contributed by atoms with Gasteiger partial charge in [-0.3, -0.25) is 0 Å². The van der Waals surface area contributed by atoms with Crippen LogP contribution in [0.1, 0.15) is 46.5 Å². The molecule has 0 aliphatic heterocycles. The molecule has 3 heteroatoms. The summed E-state index contributed by atoms with van der Waals surface area (Å²) in [4.78, 5) is 0. The Morgan fingerprint density at radius 3 is 1.94 bits per heavy atom. The van der Waals surface area contributed by atoms with Crippen LogP contribution >= 0.6 is 0 Å². The van der Waals surface area contributed by atoms with Crippen molar-refractivity contribution < 1.29 is 4.43 Å². The Bertz CT molecular complexity index is 227. The molecule has 0 atom stereocenters. The van der Waals surface area contributed by atoms with E-state index in [1.807, 2.05) is 0 Å². The van der Waals surface area contributed by atoms with Crippen LogP contribution in [0, 0.1) is 11.8 Å². The number of rotatable bonds is 4.